The van der Waals surface area contributed by atoms with E-state index >= 15 is 0 Å². The van der Waals surface area contributed by atoms with Crippen LogP contribution in [0, 0.1) is 17.7 Å². The van der Waals surface area contributed by atoms with Gasteiger partial charge in [-0.3, -0.25) is 0 Å². The van der Waals surface area contributed by atoms with Crippen molar-refractivity contribution in [1.82, 2.24) is 4.72 Å². The van der Waals surface area contributed by atoms with E-state index in [9.17, 15) is 26.0 Å². The zero-order valence-corrected chi connectivity index (χ0v) is 14.7. The Hall–Kier alpha value is -2.57. The molecule has 0 amide bonds. The lowest BCUT2D eigenvalue weighted by Crippen LogP contribution is -2.25. The summed E-state index contributed by atoms with van der Waals surface area (Å²) in [4.78, 5) is 0. The number of alkyl halides is 3. The van der Waals surface area contributed by atoms with Crippen molar-refractivity contribution in [3.05, 3.63) is 65.5 Å². The predicted molar refractivity (Wildman–Crippen MR) is 91.7 cm³/mol. The maximum atomic E-state index is 13.1. The summed E-state index contributed by atoms with van der Waals surface area (Å²) in [5.41, 5.74) is -0.540. The van der Waals surface area contributed by atoms with Gasteiger partial charge in [-0.1, -0.05) is 30.0 Å². The second-order valence-corrected chi connectivity index (χ2v) is 7.18. The molecule has 0 aliphatic rings. The largest absolute Gasteiger partial charge is 0.481 e. The van der Waals surface area contributed by atoms with E-state index in [1.165, 1.54) is 30.3 Å². The third-order valence-corrected chi connectivity index (χ3v) is 4.52. The predicted octanol–water partition coefficient (Wildman–Crippen LogP) is 3.35. The second kappa shape index (κ2) is 8.88. The van der Waals surface area contributed by atoms with Crippen LogP contribution in [0.4, 0.5) is 17.6 Å². The topological polar surface area (TPSA) is 55.4 Å². The van der Waals surface area contributed by atoms with Gasteiger partial charge in [0.1, 0.15) is 18.2 Å². The van der Waals surface area contributed by atoms with E-state index in [4.69, 9.17) is 4.74 Å². The Balaban J connectivity index is 1.80. The summed E-state index contributed by atoms with van der Waals surface area (Å²) in [6, 6.07) is 9.56. The summed E-state index contributed by atoms with van der Waals surface area (Å²) in [6.07, 6.45) is -4.47. The zero-order chi connectivity index (χ0) is 19.9. The quantitative estimate of drug-likeness (QED) is 0.597. The van der Waals surface area contributed by atoms with Crippen LogP contribution in [0.3, 0.4) is 0 Å². The molecule has 0 saturated carbocycles. The van der Waals surface area contributed by atoms with E-state index in [2.05, 4.69) is 16.6 Å². The first-order chi connectivity index (χ1) is 12.7. The van der Waals surface area contributed by atoms with Crippen LogP contribution in [0.25, 0.3) is 0 Å². The normalized spacial score (nSPS) is 11.6. The Bertz CT molecular complexity index is 947. The number of ether oxygens (including phenoxy) is 1. The Kier molecular flexibility index (Phi) is 6.82. The van der Waals surface area contributed by atoms with E-state index < -0.39 is 33.3 Å². The van der Waals surface area contributed by atoms with Crippen LogP contribution in [-0.2, 0) is 22.0 Å². The number of rotatable bonds is 6. The van der Waals surface area contributed by atoms with Crippen molar-refractivity contribution in [3.8, 4) is 17.6 Å². The minimum Gasteiger partial charge on any atom is -0.481 e. The van der Waals surface area contributed by atoms with E-state index in [1.54, 1.807) is 0 Å². The summed E-state index contributed by atoms with van der Waals surface area (Å²) < 4.78 is 81.8. The van der Waals surface area contributed by atoms with Crippen LogP contribution in [0.2, 0.25) is 0 Å². The van der Waals surface area contributed by atoms with Gasteiger partial charge < -0.3 is 4.74 Å². The average molecular weight is 401 g/mol. The number of hydrogen-bond acceptors (Lipinski definition) is 3. The molecule has 2 aromatic rings. The highest BCUT2D eigenvalue weighted by Gasteiger charge is 2.30. The summed E-state index contributed by atoms with van der Waals surface area (Å²) in [5, 5.41) is 0. The fraction of sp³-hybridized carbons (Fsp3) is 0.222. The third-order valence-electron chi connectivity index (χ3n) is 3.22. The summed E-state index contributed by atoms with van der Waals surface area (Å²) in [6.45, 7) is -0.406. The average Bonchev–Trinajstić information content (AvgIpc) is 2.57. The van der Waals surface area contributed by atoms with E-state index in [1.807, 2.05) is 0 Å². The van der Waals surface area contributed by atoms with Crippen LogP contribution >= 0.6 is 0 Å². The molecule has 0 aliphatic carbocycles. The summed E-state index contributed by atoms with van der Waals surface area (Å²) >= 11 is 0. The zero-order valence-electron chi connectivity index (χ0n) is 13.9. The lowest BCUT2D eigenvalue weighted by molar-refractivity contribution is -0.137. The van der Waals surface area contributed by atoms with Gasteiger partial charge >= 0.3 is 6.18 Å². The second-order valence-electron chi connectivity index (χ2n) is 5.38. The molecule has 0 atom stereocenters. The molecule has 1 N–H and O–H groups in total. The van der Waals surface area contributed by atoms with Gasteiger partial charge in [0.2, 0.25) is 10.0 Å². The van der Waals surface area contributed by atoms with Crippen molar-refractivity contribution in [2.45, 2.75) is 11.9 Å². The molecule has 27 heavy (non-hydrogen) atoms. The molecule has 2 aromatic carbocycles. The van der Waals surface area contributed by atoms with Crippen LogP contribution in [0.1, 0.15) is 11.1 Å². The minimum atomic E-state index is -4.47. The van der Waals surface area contributed by atoms with Gasteiger partial charge in [0.15, 0.2) is 0 Å². The summed E-state index contributed by atoms with van der Waals surface area (Å²) in [5.74, 6) is 4.07. The fourth-order valence-electron chi connectivity index (χ4n) is 2.04. The van der Waals surface area contributed by atoms with Crippen LogP contribution in [0.15, 0.2) is 48.5 Å². The van der Waals surface area contributed by atoms with Crippen molar-refractivity contribution in [3.63, 3.8) is 0 Å². The minimum absolute atomic E-state index is 0.00538. The molecule has 0 unspecified atom stereocenters. The van der Waals surface area contributed by atoms with Gasteiger partial charge in [0.05, 0.1) is 17.9 Å². The van der Waals surface area contributed by atoms with Crippen LogP contribution in [-0.4, -0.2) is 21.6 Å². The highest BCUT2D eigenvalue weighted by molar-refractivity contribution is 7.88. The van der Waals surface area contributed by atoms with Crippen molar-refractivity contribution >= 4 is 10.0 Å². The molecule has 0 aliphatic heterocycles. The molecule has 0 aromatic heterocycles. The molecule has 2 rings (SSSR count). The third kappa shape index (κ3) is 7.29. The lowest BCUT2D eigenvalue weighted by Gasteiger charge is -2.08. The Morgan fingerprint density at radius 2 is 1.78 bits per heavy atom. The standard InChI is InChI=1S/C18H15F4NO3S/c19-16-7-3-5-14(11-16)13-27(24,25)23-9-1-2-10-26-17-8-4-6-15(12-17)18(20,21)22/h3-8,11-12,23H,9-10,13H2. The van der Waals surface area contributed by atoms with Crippen LogP contribution in [0.5, 0.6) is 5.75 Å². The smallest absolute Gasteiger partial charge is 0.416 e. The van der Waals surface area contributed by atoms with Crippen molar-refractivity contribution < 1.29 is 30.7 Å². The molecular formula is C18H15F4NO3S. The number of nitrogens with one attached hydrogen (secondary N) is 1. The van der Waals surface area contributed by atoms with Gasteiger partial charge in [-0.05, 0) is 35.9 Å². The Morgan fingerprint density at radius 3 is 2.48 bits per heavy atom. The first-order valence-electron chi connectivity index (χ1n) is 7.63. The molecule has 9 heteroatoms. The molecule has 0 bridgehead atoms. The monoisotopic (exact) mass is 401 g/mol. The summed E-state index contributed by atoms with van der Waals surface area (Å²) in [7, 11) is -3.70. The van der Waals surface area contributed by atoms with Crippen molar-refractivity contribution in [2.24, 2.45) is 0 Å². The molecule has 0 radical (unpaired) electrons. The maximum Gasteiger partial charge on any atom is 0.416 e. The highest BCUT2D eigenvalue weighted by Crippen LogP contribution is 2.31. The van der Waals surface area contributed by atoms with Crippen molar-refractivity contribution in [1.29, 1.82) is 0 Å². The maximum absolute atomic E-state index is 13.1. The highest BCUT2D eigenvalue weighted by atomic mass is 32.2. The SMILES string of the molecule is O=S(=O)(Cc1cccc(F)c1)NCC#CCOc1cccc(C(F)(F)F)c1. The molecular weight excluding hydrogens is 386 g/mol. The molecule has 144 valence electrons. The first kappa shape index (κ1) is 20.7. The number of benzene rings is 2. The van der Waals surface area contributed by atoms with Gasteiger partial charge in [-0.15, -0.1) is 0 Å². The Morgan fingerprint density at radius 1 is 1.04 bits per heavy atom. The lowest BCUT2D eigenvalue weighted by atomic mass is 10.2. The van der Waals surface area contributed by atoms with Crippen molar-refractivity contribution in [2.75, 3.05) is 13.2 Å². The first-order valence-corrected chi connectivity index (χ1v) is 9.28. The molecule has 0 saturated heterocycles. The van der Waals surface area contributed by atoms with E-state index in [-0.39, 0.29) is 18.9 Å². The van der Waals surface area contributed by atoms with Gasteiger partial charge in [-0.25, -0.2) is 17.5 Å². The fourth-order valence-corrected chi connectivity index (χ4v) is 3.05. The number of sulfonamides is 1. The van der Waals surface area contributed by atoms with E-state index in [0.717, 1.165) is 18.2 Å². The Labute approximate surface area is 154 Å². The van der Waals surface area contributed by atoms with E-state index in [0.29, 0.717) is 5.56 Å². The molecule has 0 spiro atoms. The van der Waals surface area contributed by atoms with Gasteiger partial charge in [0.25, 0.3) is 0 Å². The molecule has 4 nitrogen and oxygen atoms in total. The number of halogens is 4. The van der Waals surface area contributed by atoms with Gasteiger partial charge in [0, 0.05) is 0 Å². The molecule has 0 heterocycles. The molecule has 0 fully saturated rings. The number of hydrogen-bond donors (Lipinski definition) is 1. The van der Waals surface area contributed by atoms with Crippen LogP contribution < -0.4 is 9.46 Å². The van der Waals surface area contributed by atoms with Gasteiger partial charge in [-0.2, -0.15) is 13.2 Å².